The monoisotopic (exact) mass is 1510 g/mol. The number of hydrogen-bond acceptors (Lipinski definition) is 8. The molecule has 0 bridgehead atoms. The van der Waals surface area contributed by atoms with Crippen molar-refractivity contribution < 1.29 is 0 Å². The largest absolute Gasteiger partial charge is 0.311 e. The van der Waals surface area contributed by atoms with Gasteiger partial charge in [0.25, 0.3) is 13.4 Å². The van der Waals surface area contributed by atoms with E-state index in [1.165, 1.54) is 43.9 Å². The van der Waals surface area contributed by atoms with Gasteiger partial charge in [-0.05, 0) is 193 Å². The zero-order valence-corrected chi connectivity index (χ0v) is 66.8. The smallest absolute Gasteiger partial charge is 0.252 e. The summed E-state index contributed by atoms with van der Waals surface area (Å²) in [5.41, 5.74) is 36.5. The van der Waals surface area contributed by atoms with Crippen LogP contribution in [0.1, 0.15) is 52.7 Å². The number of para-hydroxylation sites is 10. The van der Waals surface area contributed by atoms with Crippen LogP contribution in [0.15, 0.2) is 401 Å². The Kier molecular flexibility index (Phi) is 17.4. The second-order valence-electron chi connectivity index (χ2n) is 33.3. The van der Waals surface area contributed by atoms with E-state index < -0.39 is 0 Å². The van der Waals surface area contributed by atoms with E-state index in [-0.39, 0.29) is 24.3 Å². The fourth-order valence-corrected chi connectivity index (χ4v) is 18.7. The molecule has 10 heteroatoms. The zero-order chi connectivity index (χ0) is 79.3. The third-order valence-electron chi connectivity index (χ3n) is 24.2. The van der Waals surface area contributed by atoms with Gasteiger partial charge in [-0.25, -0.2) is 0 Å². The fourth-order valence-electron chi connectivity index (χ4n) is 18.7. The molecule has 118 heavy (non-hydrogen) atoms. The average molecular weight is 1520 g/mol. The van der Waals surface area contributed by atoms with Crippen LogP contribution in [-0.2, 0) is 10.8 Å². The number of benzene rings is 15. The predicted octanol–water partition coefficient (Wildman–Crippen LogP) is 24.8. The number of nitrogens with zero attached hydrogens (tertiary/aromatic N) is 8. The van der Waals surface area contributed by atoms with Crippen LogP contribution in [-0.4, -0.2) is 23.4 Å². The van der Waals surface area contributed by atoms with Crippen molar-refractivity contribution >= 4 is 149 Å². The summed E-state index contributed by atoms with van der Waals surface area (Å²) in [6, 6.07) is 144. The normalized spacial score (nSPS) is 12.9. The minimum absolute atomic E-state index is 0.0898. The van der Waals surface area contributed by atoms with Crippen molar-refractivity contribution in [1.82, 2.24) is 9.97 Å². The maximum atomic E-state index is 5.38. The Hall–Kier alpha value is -14.5. The van der Waals surface area contributed by atoms with E-state index in [0.29, 0.717) is 0 Å². The van der Waals surface area contributed by atoms with Crippen LogP contribution in [0.25, 0.3) is 44.8 Å². The molecule has 0 spiro atoms. The Balaban J connectivity index is 0.908. The van der Waals surface area contributed by atoms with Crippen LogP contribution in [0.3, 0.4) is 0 Å². The Morgan fingerprint density at radius 3 is 1.08 bits per heavy atom. The molecule has 0 saturated carbocycles. The van der Waals surface area contributed by atoms with Gasteiger partial charge >= 0.3 is 0 Å². The van der Waals surface area contributed by atoms with Gasteiger partial charge in [0.05, 0.1) is 39.8 Å². The van der Waals surface area contributed by atoms with Crippen molar-refractivity contribution in [3.8, 4) is 44.8 Å². The summed E-state index contributed by atoms with van der Waals surface area (Å²) in [4.78, 5) is 26.0. The first-order chi connectivity index (χ1) is 57.9. The number of hydrogen-bond donors (Lipinski definition) is 0. The molecule has 2 aromatic heterocycles. The lowest BCUT2D eigenvalue weighted by Crippen LogP contribution is -2.65. The molecular formula is C108H84B2N8. The lowest BCUT2D eigenvalue weighted by molar-refractivity contribution is 0.587. The molecule has 21 rings (SSSR count). The molecule has 17 aromatic rings. The fraction of sp³-hybridized carbons (Fsp3) is 0.0741. The highest BCUT2D eigenvalue weighted by Crippen LogP contribution is 2.56. The standard InChI is InChI=1S/C108H84B2N8/c1-107(2,3)75-61-63-92(111-71-75)86-51-28-32-57-94(86)114(79-45-22-11-23-46-79)83-67-101-104-102(68-83)117(95-58-33-29-52-87(95)93-64-62-76(72-112-93)108(4,5)6)97-60-35-31-56-89(97)110(104)90-69-91-99(70-98(90)116(101)81-49-26-13-27-50-81)118(106-84(73-37-14-7-15-38-73)53-36-54-85(106)74-39-16-8-17-40-74)103-66-82(113(77-41-18-9-19-42-77)78-43-20-10-21-44-78)65-100-105(103)109(91)88-55-30-34-59-96(88)115(100)80-47-24-12-25-48-80/h7-72H,1-6H3. The number of fused-ring (bicyclic) bond motifs is 8. The third-order valence-corrected chi connectivity index (χ3v) is 24.2. The molecule has 0 radical (unpaired) electrons. The molecule has 15 aromatic carbocycles. The van der Waals surface area contributed by atoms with Crippen LogP contribution in [0.5, 0.6) is 0 Å². The van der Waals surface area contributed by atoms with Crippen molar-refractivity contribution in [2.45, 2.75) is 52.4 Å². The van der Waals surface area contributed by atoms with Crippen molar-refractivity contribution in [2.24, 2.45) is 0 Å². The highest BCUT2D eigenvalue weighted by atomic mass is 15.2. The summed E-state index contributed by atoms with van der Waals surface area (Å²) in [6.07, 6.45) is 4.13. The van der Waals surface area contributed by atoms with Crippen molar-refractivity contribution in [1.29, 1.82) is 0 Å². The zero-order valence-electron chi connectivity index (χ0n) is 66.8. The summed E-state index contributed by atoms with van der Waals surface area (Å²) in [6.45, 7) is 12.9. The van der Waals surface area contributed by atoms with Gasteiger partial charge in [-0.3, -0.25) is 9.97 Å². The second-order valence-corrected chi connectivity index (χ2v) is 33.3. The van der Waals surface area contributed by atoms with Crippen LogP contribution in [0.2, 0.25) is 0 Å². The van der Waals surface area contributed by atoms with Gasteiger partial charge < -0.3 is 29.4 Å². The van der Waals surface area contributed by atoms with Gasteiger partial charge in [-0.2, -0.15) is 0 Å². The molecule has 0 aliphatic carbocycles. The molecule has 0 N–H and O–H groups in total. The first-order valence-electron chi connectivity index (χ1n) is 41.0. The molecule has 8 nitrogen and oxygen atoms in total. The Bertz CT molecular complexity index is 6560. The van der Waals surface area contributed by atoms with E-state index in [4.69, 9.17) is 9.97 Å². The summed E-state index contributed by atoms with van der Waals surface area (Å²) in [5.74, 6) is 0. The topological polar surface area (TPSA) is 45.2 Å². The number of pyridine rings is 2. The third kappa shape index (κ3) is 12.1. The molecule has 562 valence electrons. The molecule has 4 aliphatic rings. The van der Waals surface area contributed by atoms with E-state index in [2.05, 4.69) is 472 Å². The molecule has 0 fully saturated rings. The Morgan fingerprint density at radius 1 is 0.246 bits per heavy atom. The average Bonchev–Trinajstić information content (AvgIpc) is 0.679. The van der Waals surface area contributed by atoms with Crippen LogP contribution >= 0.6 is 0 Å². The predicted molar refractivity (Wildman–Crippen MR) is 499 cm³/mol. The Labute approximate surface area is 692 Å². The molecule has 0 atom stereocenters. The molecule has 0 unspecified atom stereocenters. The van der Waals surface area contributed by atoms with Crippen molar-refractivity contribution in [2.75, 3.05) is 29.4 Å². The van der Waals surface area contributed by atoms with Crippen LogP contribution in [0.4, 0.5) is 102 Å². The molecule has 0 saturated heterocycles. The van der Waals surface area contributed by atoms with E-state index in [0.717, 1.165) is 147 Å². The summed E-state index contributed by atoms with van der Waals surface area (Å²) in [7, 11) is 0. The molecular weight excluding hydrogens is 1430 g/mol. The quantitative estimate of drug-likeness (QED) is 0.0998. The maximum Gasteiger partial charge on any atom is 0.252 e. The summed E-state index contributed by atoms with van der Waals surface area (Å²) in [5, 5.41) is 0. The Morgan fingerprint density at radius 2 is 0.602 bits per heavy atom. The lowest BCUT2D eigenvalue weighted by atomic mass is 9.30. The van der Waals surface area contributed by atoms with Crippen LogP contribution < -0.4 is 62.2 Å². The summed E-state index contributed by atoms with van der Waals surface area (Å²) >= 11 is 0. The SMILES string of the molecule is CC(C)(C)c1ccc(-c2ccccc2N(c2ccccc2)c2cc3c4c(c2)N(c2ccccc2-c2ccc(C(C)(C)C)cn2)c2ccccc2B4c2cc4c(cc2N3c2ccccc2)N(c2c(-c3ccccc3)cccc2-c2ccccc2)c2cc(N(c3ccccc3)c3ccccc3)cc3c2B4c2ccccc2N3c2ccccc2)nc1. The maximum absolute atomic E-state index is 5.38. The van der Waals surface area contributed by atoms with Crippen LogP contribution in [0, 0.1) is 0 Å². The highest BCUT2D eigenvalue weighted by molar-refractivity contribution is 7.03. The van der Waals surface area contributed by atoms with Gasteiger partial charge in [0.2, 0.25) is 0 Å². The van der Waals surface area contributed by atoms with Gasteiger partial charge in [0, 0.05) is 109 Å². The highest BCUT2D eigenvalue weighted by Gasteiger charge is 2.50. The molecule has 6 heterocycles. The van der Waals surface area contributed by atoms with E-state index in [1.54, 1.807) is 0 Å². The van der Waals surface area contributed by atoms with Gasteiger partial charge in [-0.15, -0.1) is 0 Å². The minimum Gasteiger partial charge on any atom is -0.311 e. The minimum atomic E-state index is -0.316. The van der Waals surface area contributed by atoms with E-state index >= 15 is 0 Å². The van der Waals surface area contributed by atoms with Crippen molar-refractivity contribution in [3.05, 3.63) is 412 Å². The first kappa shape index (κ1) is 71.3. The number of anilines is 18. The number of rotatable bonds is 14. The van der Waals surface area contributed by atoms with Gasteiger partial charge in [0.1, 0.15) is 0 Å². The van der Waals surface area contributed by atoms with Gasteiger partial charge in [-0.1, -0.05) is 302 Å². The van der Waals surface area contributed by atoms with Gasteiger partial charge in [0.15, 0.2) is 0 Å². The number of aromatic nitrogens is 2. The van der Waals surface area contributed by atoms with E-state index in [9.17, 15) is 0 Å². The first-order valence-corrected chi connectivity index (χ1v) is 41.0. The molecule has 0 amide bonds. The lowest BCUT2D eigenvalue weighted by Gasteiger charge is -2.48. The van der Waals surface area contributed by atoms with Crippen molar-refractivity contribution in [3.63, 3.8) is 0 Å². The summed E-state index contributed by atoms with van der Waals surface area (Å²) < 4.78 is 0. The second kappa shape index (κ2) is 28.8. The van der Waals surface area contributed by atoms with E-state index in [1.807, 2.05) is 0 Å². The molecule has 4 aliphatic heterocycles.